The third-order valence-corrected chi connectivity index (χ3v) is 3.55. The van der Waals surface area contributed by atoms with Gasteiger partial charge in [0.25, 0.3) is 5.91 Å². The lowest BCUT2D eigenvalue weighted by molar-refractivity contribution is -0.127. The normalized spacial score (nSPS) is 11.8. The minimum atomic E-state index is -0.712. The minimum absolute atomic E-state index is 0.270. The molecule has 2 rings (SSSR count). The van der Waals surface area contributed by atoms with E-state index < -0.39 is 6.10 Å². The molecule has 0 fully saturated rings. The van der Waals surface area contributed by atoms with E-state index in [9.17, 15) is 9.18 Å². The zero-order chi connectivity index (χ0) is 16.1. The summed E-state index contributed by atoms with van der Waals surface area (Å²) < 4.78 is 18.2. The number of rotatable bonds is 5. The molecule has 6 heteroatoms. The van der Waals surface area contributed by atoms with Crippen LogP contribution < -0.4 is 10.1 Å². The number of hydrogen-bond donors (Lipinski definition) is 1. The zero-order valence-corrected chi connectivity index (χ0v) is 13.3. The van der Waals surface area contributed by atoms with Crippen LogP contribution in [0.5, 0.6) is 5.75 Å². The van der Waals surface area contributed by atoms with Crippen molar-refractivity contribution in [2.45, 2.75) is 19.6 Å². The summed E-state index contributed by atoms with van der Waals surface area (Å²) in [5.41, 5.74) is 0.758. The topological polar surface area (TPSA) is 38.3 Å². The molecule has 0 unspecified atom stereocenters. The van der Waals surface area contributed by atoms with Gasteiger partial charge in [0, 0.05) is 16.6 Å². The van der Waals surface area contributed by atoms with E-state index in [0.717, 1.165) is 5.56 Å². The van der Waals surface area contributed by atoms with E-state index >= 15 is 0 Å². The van der Waals surface area contributed by atoms with E-state index in [0.29, 0.717) is 15.8 Å². The number of benzene rings is 2. The smallest absolute Gasteiger partial charge is 0.261 e. The van der Waals surface area contributed by atoms with Crippen molar-refractivity contribution < 1.29 is 13.9 Å². The molecule has 0 spiro atoms. The van der Waals surface area contributed by atoms with Crippen LogP contribution in [0.1, 0.15) is 12.5 Å². The predicted octanol–water partition coefficient (Wildman–Crippen LogP) is 4.22. The number of amides is 1. The second kappa shape index (κ2) is 7.47. The van der Waals surface area contributed by atoms with Gasteiger partial charge in [-0.05, 0) is 48.9 Å². The van der Waals surface area contributed by atoms with Crippen LogP contribution in [0.3, 0.4) is 0 Å². The molecule has 0 saturated carbocycles. The van der Waals surface area contributed by atoms with Crippen molar-refractivity contribution in [1.29, 1.82) is 0 Å². The Balaban J connectivity index is 1.89. The highest BCUT2D eigenvalue weighted by Crippen LogP contribution is 2.20. The molecule has 22 heavy (non-hydrogen) atoms. The van der Waals surface area contributed by atoms with E-state index in [4.69, 9.17) is 27.9 Å². The largest absolute Gasteiger partial charge is 0.481 e. The highest BCUT2D eigenvalue weighted by atomic mass is 35.5. The molecule has 116 valence electrons. The average Bonchev–Trinajstić information content (AvgIpc) is 2.48. The van der Waals surface area contributed by atoms with Gasteiger partial charge in [0.1, 0.15) is 11.6 Å². The summed E-state index contributed by atoms with van der Waals surface area (Å²) in [4.78, 5) is 12.0. The predicted molar refractivity (Wildman–Crippen MR) is 84.8 cm³/mol. The third kappa shape index (κ3) is 4.61. The van der Waals surface area contributed by atoms with Crippen molar-refractivity contribution in [2.75, 3.05) is 0 Å². The number of ether oxygens (including phenoxy) is 1. The second-order valence-corrected chi connectivity index (χ2v) is 5.51. The monoisotopic (exact) mass is 341 g/mol. The summed E-state index contributed by atoms with van der Waals surface area (Å²) in [5, 5.41) is 3.75. The molecule has 0 aliphatic carbocycles. The maximum Gasteiger partial charge on any atom is 0.261 e. The maximum absolute atomic E-state index is 12.8. The fraction of sp³-hybridized carbons (Fsp3) is 0.188. The van der Waals surface area contributed by atoms with Gasteiger partial charge in [-0.1, -0.05) is 29.3 Å². The van der Waals surface area contributed by atoms with Crippen LogP contribution in [0, 0.1) is 5.82 Å². The molecule has 0 bridgehead atoms. The van der Waals surface area contributed by atoms with Crippen LogP contribution in [0.2, 0.25) is 10.0 Å². The van der Waals surface area contributed by atoms with Gasteiger partial charge in [-0.25, -0.2) is 4.39 Å². The third-order valence-electron chi connectivity index (χ3n) is 2.96. The van der Waals surface area contributed by atoms with Crippen molar-refractivity contribution >= 4 is 29.1 Å². The van der Waals surface area contributed by atoms with Crippen molar-refractivity contribution in [3.05, 3.63) is 63.9 Å². The molecule has 0 aromatic heterocycles. The highest BCUT2D eigenvalue weighted by Gasteiger charge is 2.15. The number of nitrogens with one attached hydrogen (secondary N) is 1. The molecule has 0 aliphatic rings. The zero-order valence-electron chi connectivity index (χ0n) is 11.8. The van der Waals surface area contributed by atoms with E-state index in [1.807, 2.05) is 0 Å². The Hall–Kier alpha value is -1.78. The lowest BCUT2D eigenvalue weighted by Gasteiger charge is -2.15. The van der Waals surface area contributed by atoms with Crippen molar-refractivity contribution in [1.82, 2.24) is 5.32 Å². The maximum atomic E-state index is 12.8. The summed E-state index contributed by atoms with van der Waals surface area (Å²) in [6, 6.07) is 10.5. The standard InChI is InChI=1S/C16H14Cl2FNO2/c1-10(22-14-6-4-13(19)5-7-14)16(21)20-9-11-2-3-12(17)8-15(11)18/h2-8,10H,9H2,1H3,(H,20,21)/t10-/m1/s1. The number of halogens is 3. The Morgan fingerprint density at radius 3 is 2.55 bits per heavy atom. The van der Waals surface area contributed by atoms with Crippen LogP contribution in [-0.2, 0) is 11.3 Å². The molecule has 1 atom stereocenters. The Bertz CT molecular complexity index is 662. The quantitative estimate of drug-likeness (QED) is 0.884. The number of hydrogen-bond acceptors (Lipinski definition) is 2. The van der Waals surface area contributed by atoms with Gasteiger partial charge >= 0.3 is 0 Å². The Kier molecular flexibility index (Phi) is 5.63. The van der Waals surface area contributed by atoms with Crippen molar-refractivity contribution in [2.24, 2.45) is 0 Å². The van der Waals surface area contributed by atoms with Gasteiger partial charge in [0.15, 0.2) is 6.10 Å². The van der Waals surface area contributed by atoms with Gasteiger partial charge in [-0.15, -0.1) is 0 Å². The van der Waals surface area contributed by atoms with Crippen LogP contribution >= 0.6 is 23.2 Å². The summed E-state index contributed by atoms with van der Waals surface area (Å²) in [6.45, 7) is 1.88. The Labute approximate surface area is 138 Å². The van der Waals surface area contributed by atoms with E-state index in [-0.39, 0.29) is 18.3 Å². The van der Waals surface area contributed by atoms with Crippen LogP contribution in [0.25, 0.3) is 0 Å². The molecule has 0 radical (unpaired) electrons. The average molecular weight is 342 g/mol. The van der Waals surface area contributed by atoms with Crippen molar-refractivity contribution in [3.8, 4) is 5.75 Å². The molecule has 2 aromatic rings. The molecule has 0 aliphatic heterocycles. The fourth-order valence-corrected chi connectivity index (χ4v) is 2.24. The molecule has 1 amide bonds. The van der Waals surface area contributed by atoms with Gasteiger partial charge in [0.05, 0.1) is 0 Å². The summed E-state index contributed by atoms with van der Waals surface area (Å²) >= 11 is 11.8. The first-order valence-corrected chi connectivity index (χ1v) is 7.35. The lowest BCUT2D eigenvalue weighted by atomic mass is 10.2. The molecule has 0 saturated heterocycles. The second-order valence-electron chi connectivity index (χ2n) is 4.67. The number of carbonyl (C=O) groups excluding carboxylic acids is 1. The minimum Gasteiger partial charge on any atom is -0.481 e. The molecule has 3 nitrogen and oxygen atoms in total. The number of carbonyl (C=O) groups is 1. The van der Waals surface area contributed by atoms with Crippen LogP contribution in [-0.4, -0.2) is 12.0 Å². The summed E-state index contributed by atoms with van der Waals surface area (Å²) in [6.07, 6.45) is -0.712. The first kappa shape index (κ1) is 16.6. The fourth-order valence-electron chi connectivity index (χ4n) is 1.76. The summed E-state index contributed by atoms with van der Waals surface area (Å²) in [5.74, 6) is -0.231. The first-order chi connectivity index (χ1) is 10.5. The van der Waals surface area contributed by atoms with E-state index in [1.54, 1.807) is 25.1 Å². The molecular formula is C16H14Cl2FNO2. The van der Waals surface area contributed by atoms with E-state index in [2.05, 4.69) is 5.32 Å². The van der Waals surface area contributed by atoms with E-state index in [1.165, 1.54) is 24.3 Å². The molecule has 1 N–H and O–H groups in total. The van der Waals surface area contributed by atoms with Gasteiger partial charge in [-0.3, -0.25) is 4.79 Å². The molecular weight excluding hydrogens is 328 g/mol. The molecule has 2 aromatic carbocycles. The highest BCUT2D eigenvalue weighted by molar-refractivity contribution is 6.35. The lowest BCUT2D eigenvalue weighted by Crippen LogP contribution is -2.35. The summed E-state index contributed by atoms with van der Waals surface area (Å²) in [7, 11) is 0. The van der Waals surface area contributed by atoms with Gasteiger partial charge in [0.2, 0.25) is 0 Å². The van der Waals surface area contributed by atoms with Crippen LogP contribution in [0.4, 0.5) is 4.39 Å². The first-order valence-electron chi connectivity index (χ1n) is 6.59. The Morgan fingerprint density at radius 1 is 1.23 bits per heavy atom. The molecule has 0 heterocycles. The van der Waals surface area contributed by atoms with Crippen LogP contribution in [0.15, 0.2) is 42.5 Å². The Morgan fingerprint density at radius 2 is 1.91 bits per heavy atom. The van der Waals surface area contributed by atoms with Gasteiger partial charge in [-0.2, -0.15) is 0 Å². The SMILES string of the molecule is C[C@@H](Oc1ccc(F)cc1)C(=O)NCc1ccc(Cl)cc1Cl. The van der Waals surface area contributed by atoms with Gasteiger partial charge < -0.3 is 10.1 Å². The van der Waals surface area contributed by atoms with Crippen molar-refractivity contribution in [3.63, 3.8) is 0 Å².